The molecule has 0 unspecified atom stereocenters. The van der Waals surface area contributed by atoms with Crippen molar-refractivity contribution in [3.63, 3.8) is 0 Å². The van der Waals surface area contributed by atoms with E-state index < -0.39 is 0 Å². The van der Waals surface area contributed by atoms with Crippen LogP contribution in [0.5, 0.6) is 5.75 Å². The summed E-state index contributed by atoms with van der Waals surface area (Å²) in [6, 6.07) is 12.6. The zero-order valence-corrected chi connectivity index (χ0v) is 12.8. The molecule has 0 spiro atoms. The number of benzene rings is 2. The van der Waals surface area contributed by atoms with Gasteiger partial charge in [0.05, 0.1) is 11.4 Å². The largest absolute Gasteiger partial charge is 0.508 e. The molecule has 22 heavy (non-hydrogen) atoms. The standard InChI is InChI=1S/C18H21N3O/c1-2-20(21-10-8-13-5-3-4-6-17(13)21)14-11-16-15(7-9-19-16)18(22)12-14/h3-6,11-12,19,22H,2,7-10H2,1H3. The molecule has 0 saturated carbocycles. The van der Waals surface area contributed by atoms with Gasteiger partial charge in [-0.2, -0.15) is 0 Å². The van der Waals surface area contributed by atoms with Crippen molar-refractivity contribution in [1.29, 1.82) is 0 Å². The third-order valence-corrected chi connectivity index (χ3v) is 4.65. The van der Waals surface area contributed by atoms with Crippen molar-refractivity contribution in [2.24, 2.45) is 0 Å². The minimum atomic E-state index is 0.406. The van der Waals surface area contributed by atoms with Crippen LogP contribution in [0.4, 0.5) is 17.1 Å². The molecule has 0 fully saturated rings. The van der Waals surface area contributed by atoms with Crippen molar-refractivity contribution in [1.82, 2.24) is 0 Å². The number of nitrogens with zero attached hydrogens (tertiary/aromatic N) is 2. The summed E-state index contributed by atoms with van der Waals surface area (Å²) in [4.78, 5) is 0. The summed E-state index contributed by atoms with van der Waals surface area (Å²) in [5.74, 6) is 0.406. The molecule has 0 radical (unpaired) electrons. The number of para-hydroxylation sites is 1. The number of phenolic OH excluding ortho intramolecular Hbond substituents is 1. The van der Waals surface area contributed by atoms with Crippen LogP contribution in [0.25, 0.3) is 0 Å². The number of hydrogen-bond acceptors (Lipinski definition) is 4. The minimum absolute atomic E-state index is 0.406. The summed E-state index contributed by atoms with van der Waals surface area (Å²) in [5, 5.41) is 18.3. The van der Waals surface area contributed by atoms with Crippen molar-refractivity contribution >= 4 is 17.1 Å². The molecule has 0 saturated heterocycles. The first-order chi connectivity index (χ1) is 10.8. The van der Waals surface area contributed by atoms with Gasteiger partial charge in [-0.1, -0.05) is 18.2 Å². The fraction of sp³-hybridized carbons (Fsp3) is 0.333. The van der Waals surface area contributed by atoms with Gasteiger partial charge in [0.25, 0.3) is 0 Å². The summed E-state index contributed by atoms with van der Waals surface area (Å²) in [6.45, 7) is 4.91. The zero-order valence-electron chi connectivity index (χ0n) is 12.8. The fourth-order valence-corrected chi connectivity index (χ4v) is 3.60. The van der Waals surface area contributed by atoms with Crippen LogP contribution in [0.2, 0.25) is 0 Å². The lowest BCUT2D eigenvalue weighted by molar-refractivity contribution is 0.470. The van der Waals surface area contributed by atoms with E-state index in [1.54, 1.807) is 0 Å². The molecule has 0 atom stereocenters. The molecule has 4 rings (SSSR count). The summed E-state index contributed by atoms with van der Waals surface area (Å²) in [7, 11) is 0. The number of rotatable bonds is 3. The van der Waals surface area contributed by atoms with Gasteiger partial charge in [0.1, 0.15) is 5.75 Å². The molecule has 0 bridgehead atoms. The molecule has 2 heterocycles. The highest BCUT2D eigenvalue weighted by Crippen LogP contribution is 2.38. The quantitative estimate of drug-likeness (QED) is 0.912. The maximum atomic E-state index is 10.3. The highest BCUT2D eigenvalue weighted by molar-refractivity contribution is 5.72. The normalized spacial score (nSPS) is 15.4. The highest BCUT2D eigenvalue weighted by Gasteiger charge is 2.25. The van der Waals surface area contributed by atoms with Crippen molar-refractivity contribution in [3.05, 3.63) is 47.5 Å². The van der Waals surface area contributed by atoms with Crippen molar-refractivity contribution in [3.8, 4) is 5.75 Å². The van der Waals surface area contributed by atoms with E-state index in [1.165, 1.54) is 11.3 Å². The maximum absolute atomic E-state index is 10.3. The Kier molecular flexibility index (Phi) is 3.10. The van der Waals surface area contributed by atoms with Crippen molar-refractivity contribution in [2.45, 2.75) is 19.8 Å². The number of hydrogen-bond donors (Lipinski definition) is 2. The minimum Gasteiger partial charge on any atom is -0.508 e. The topological polar surface area (TPSA) is 38.7 Å². The van der Waals surface area contributed by atoms with Gasteiger partial charge in [-0.3, -0.25) is 10.0 Å². The fourth-order valence-electron chi connectivity index (χ4n) is 3.60. The first-order valence-electron chi connectivity index (χ1n) is 8.00. The van der Waals surface area contributed by atoms with E-state index in [9.17, 15) is 5.11 Å². The Morgan fingerprint density at radius 1 is 1.23 bits per heavy atom. The van der Waals surface area contributed by atoms with Crippen LogP contribution in [-0.2, 0) is 12.8 Å². The van der Waals surface area contributed by atoms with E-state index in [1.807, 2.05) is 6.07 Å². The maximum Gasteiger partial charge on any atom is 0.123 e. The molecule has 0 aliphatic carbocycles. The molecule has 2 aliphatic rings. The predicted octanol–water partition coefficient (Wildman–Crippen LogP) is 3.16. The van der Waals surface area contributed by atoms with E-state index in [0.29, 0.717) is 5.75 Å². The molecular weight excluding hydrogens is 274 g/mol. The van der Waals surface area contributed by atoms with Crippen LogP contribution in [0, 0.1) is 0 Å². The molecule has 2 aromatic carbocycles. The van der Waals surface area contributed by atoms with Gasteiger partial charge in [-0.15, -0.1) is 0 Å². The molecule has 4 nitrogen and oxygen atoms in total. The number of anilines is 3. The smallest absolute Gasteiger partial charge is 0.123 e. The molecule has 4 heteroatoms. The van der Waals surface area contributed by atoms with Gasteiger partial charge in [-0.25, -0.2) is 0 Å². The zero-order chi connectivity index (χ0) is 15.1. The second-order valence-electron chi connectivity index (χ2n) is 5.89. The van der Waals surface area contributed by atoms with Gasteiger partial charge in [0, 0.05) is 37.0 Å². The summed E-state index contributed by atoms with van der Waals surface area (Å²) in [5.41, 5.74) is 5.83. The first-order valence-corrected chi connectivity index (χ1v) is 8.00. The Labute approximate surface area is 131 Å². The molecule has 2 N–H and O–H groups in total. The second kappa shape index (κ2) is 5.13. The Balaban J connectivity index is 1.73. The van der Waals surface area contributed by atoms with Gasteiger partial charge in [0.2, 0.25) is 0 Å². The van der Waals surface area contributed by atoms with Crippen molar-refractivity contribution < 1.29 is 5.11 Å². The van der Waals surface area contributed by atoms with Crippen LogP contribution in [0.3, 0.4) is 0 Å². The second-order valence-corrected chi connectivity index (χ2v) is 5.89. The van der Waals surface area contributed by atoms with E-state index >= 15 is 0 Å². The highest BCUT2D eigenvalue weighted by atomic mass is 16.3. The molecule has 0 amide bonds. The lowest BCUT2D eigenvalue weighted by Gasteiger charge is -2.35. The van der Waals surface area contributed by atoms with Gasteiger partial charge in [-0.05, 0) is 37.5 Å². The van der Waals surface area contributed by atoms with Crippen LogP contribution in [0.1, 0.15) is 18.1 Å². The van der Waals surface area contributed by atoms with Crippen LogP contribution in [-0.4, -0.2) is 24.7 Å². The van der Waals surface area contributed by atoms with Gasteiger partial charge in [0.15, 0.2) is 0 Å². The average Bonchev–Trinajstić information content (AvgIpc) is 3.16. The average molecular weight is 295 g/mol. The Morgan fingerprint density at radius 3 is 2.95 bits per heavy atom. The summed E-state index contributed by atoms with van der Waals surface area (Å²) < 4.78 is 0. The van der Waals surface area contributed by atoms with Gasteiger partial charge < -0.3 is 10.4 Å². The number of fused-ring (bicyclic) bond motifs is 2. The lowest BCUT2D eigenvalue weighted by Crippen LogP contribution is -2.41. The molecule has 0 aromatic heterocycles. The lowest BCUT2D eigenvalue weighted by atomic mass is 10.1. The van der Waals surface area contributed by atoms with Crippen LogP contribution >= 0.6 is 0 Å². The Morgan fingerprint density at radius 2 is 2.09 bits per heavy atom. The summed E-state index contributed by atoms with van der Waals surface area (Å²) >= 11 is 0. The number of phenols is 1. The summed E-state index contributed by atoms with van der Waals surface area (Å²) in [6.07, 6.45) is 1.97. The van der Waals surface area contributed by atoms with E-state index in [2.05, 4.69) is 52.6 Å². The number of hydrazine groups is 1. The van der Waals surface area contributed by atoms with E-state index in [0.717, 1.165) is 49.4 Å². The number of nitrogens with one attached hydrogen (secondary N) is 1. The molecular formula is C18H21N3O. The third kappa shape index (κ3) is 1.98. The molecule has 114 valence electrons. The monoisotopic (exact) mass is 295 g/mol. The van der Waals surface area contributed by atoms with Crippen LogP contribution in [0.15, 0.2) is 36.4 Å². The predicted molar refractivity (Wildman–Crippen MR) is 90.8 cm³/mol. The Hall–Kier alpha value is -2.36. The SMILES string of the molecule is CCN(c1cc(O)c2c(c1)NCC2)N1CCc2ccccc21. The number of aromatic hydroxyl groups is 1. The third-order valence-electron chi connectivity index (χ3n) is 4.65. The van der Waals surface area contributed by atoms with E-state index in [-0.39, 0.29) is 0 Å². The first kappa shape index (κ1) is 13.3. The van der Waals surface area contributed by atoms with Crippen molar-refractivity contribution in [2.75, 3.05) is 35.0 Å². The molecule has 2 aliphatic heterocycles. The molecule has 2 aromatic rings. The van der Waals surface area contributed by atoms with E-state index in [4.69, 9.17) is 0 Å². The van der Waals surface area contributed by atoms with Gasteiger partial charge >= 0.3 is 0 Å². The van der Waals surface area contributed by atoms with Crippen LogP contribution < -0.4 is 15.3 Å². The Bertz CT molecular complexity index is 713.